The molecule has 0 amide bonds. The molecule has 3 heteroatoms. The third kappa shape index (κ3) is 3.72. The second kappa shape index (κ2) is 6.76. The largest absolute Gasteiger partial charge is 0.496 e. The summed E-state index contributed by atoms with van der Waals surface area (Å²) in [6.07, 6.45) is 0.518. The van der Waals surface area contributed by atoms with Crippen LogP contribution in [0.2, 0.25) is 0 Å². The number of hydrogen-bond donors (Lipinski definition) is 2. The molecule has 0 heterocycles. The molecule has 0 saturated carbocycles. The van der Waals surface area contributed by atoms with Gasteiger partial charge in [0.1, 0.15) is 5.75 Å². The molecule has 0 aliphatic carbocycles. The number of hydrogen-bond acceptors (Lipinski definition) is 3. The summed E-state index contributed by atoms with van der Waals surface area (Å²) in [5.74, 6) is 0.761. The van der Waals surface area contributed by atoms with E-state index in [2.05, 4.69) is 19.2 Å². The van der Waals surface area contributed by atoms with Crippen LogP contribution >= 0.6 is 0 Å². The number of benzene rings is 1. The zero-order valence-electron chi connectivity index (χ0n) is 12.1. The molecule has 0 aliphatic rings. The van der Waals surface area contributed by atoms with E-state index >= 15 is 0 Å². The predicted octanol–water partition coefficient (Wildman–Crippen LogP) is 2.73. The van der Waals surface area contributed by atoms with Gasteiger partial charge >= 0.3 is 0 Å². The molecule has 1 aromatic carbocycles. The molecule has 2 N–H and O–H groups in total. The maximum atomic E-state index is 10.2. The quantitative estimate of drug-likeness (QED) is 0.817. The fourth-order valence-corrected chi connectivity index (χ4v) is 1.82. The minimum Gasteiger partial charge on any atom is -0.496 e. The van der Waals surface area contributed by atoms with Crippen molar-refractivity contribution in [3.05, 3.63) is 28.8 Å². The number of aliphatic hydroxyl groups excluding tert-OH is 1. The number of ether oxygens (including phenoxy) is 1. The van der Waals surface area contributed by atoms with Gasteiger partial charge in [0.05, 0.1) is 13.2 Å². The first-order chi connectivity index (χ1) is 8.49. The van der Waals surface area contributed by atoms with E-state index < -0.39 is 6.10 Å². The van der Waals surface area contributed by atoms with E-state index in [4.69, 9.17) is 4.74 Å². The van der Waals surface area contributed by atoms with Gasteiger partial charge in [-0.25, -0.2) is 0 Å². The first-order valence-corrected chi connectivity index (χ1v) is 6.56. The summed E-state index contributed by atoms with van der Waals surface area (Å²) < 4.78 is 5.35. The van der Waals surface area contributed by atoms with Gasteiger partial charge in [-0.3, -0.25) is 0 Å². The number of rotatable bonds is 6. The zero-order chi connectivity index (χ0) is 13.7. The standard InChI is InChI=1S/C15H25NO2/c1-6-12(4)16-9-14(17)13-7-10(2)11(3)8-15(13)18-5/h7-8,12,14,16-17H,6,9H2,1-5H3. The topological polar surface area (TPSA) is 41.5 Å². The average Bonchev–Trinajstić information content (AvgIpc) is 2.37. The summed E-state index contributed by atoms with van der Waals surface area (Å²) in [4.78, 5) is 0. The molecule has 0 bridgehead atoms. The van der Waals surface area contributed by atoms with Crippen LogP contribution in [0.25, 0.3) is 0 Å². The van der Waals surface area contributed by atoms with Crippen molar-refractivity contribution in [1.82, 2.24) is 5.32 Å². The van der Waals surface area contributed by atoms with E-state index in [1.54, 1.807) is 7.11 Å². The molecule has 102 valence electrons. The van der Waals surface area contributed by atoms with Crippen molar-refractivity contribution >= 4 is 0 Å². The lowest BCUT2D eigenvalue weighted by molar-refractivity contribution is 0.166. The van der Waals surface area contributed by atoms with Crippen molar-refractivity contribution in [1.29, 1.82) is 0 Å². The first-order valence-electron chi connectivity index (χ1n) is 6.56. The Morgan fingerprint density at radius 2 is 1.89 bits per heavy atom. The lowest BCUT2D eigenvalue weighted by Crippen LogP contribution is -2.29. The molecule has 2 atom stereocenters. The van der Waals surface area contributed by atoms with E-state index in [-0.39, 0.29) is 0 Å². The smallest absolute Gasteiger partial charge is 0.124 e. The Morgan fingerprint density at radius 3 is 2.44 bits per heavy atom. The van der Waals surface area contributed by atoms with Crippen LogP contribution in [-0.2, 0) is 0 Å². The Bertz CT molecular complexity index is 390. The Hall–Kier alpha value is -1.06. The molecule has 0 radical (unpaired) electrons. The molecule has 1 rings (SSSR count). The minimum atomic E-state index is -0.534. The second-order valence-electron chi connectivity index (χ2n) is 4.91. The van der Waals surface area contributed by atoms with Crippen LogP contribution in [0.3, 0.4) is 0 Å². The molecule has 0 aliphatic heterocycles. The fourth-order valence-electron chi connectivity index (χ4n) is 1.82. The van der Waals surface area contributed by atoms with Crippen LogP contribution in [0, 0.1) is 13.8 Å². The molecule has 0 fully saturated rings. The highest BCUT2D eigenvalue weighted by molar-refractivity contribution is 5.43. The van der Waals surface area contributed by atoms with Crippen LogP contribution in [0.5, 0.6) is 5.75 Å². The summed E-state index contributed by atoms with van der Waals surface area (Å²) in [6.45, 7) is 8.89. The van der Waals surface area contributed by atoms with Gasteiger partial charge in [0, 0.05) is 18.2 Å². The van der Waals surface area contributed by atoms with Gasteiger partial charge < -0.3 is 15.2 Å². The van der Waals surface area contributed by atoms with Crippen molar-refractivity contribution in [2.24, 2.45) is 0 Å². The Labute approximate surface area is 110 Å². The van der Waals surface area contributed by atoms with Crippen molar-refractivity contribution in [3.63, 3.8) is 0 Å². The first kappa shape index (κ1) is 15.0. The second-order valence-corrected chi connectivity index (χ2v) is 4.91. The molecular formula is C15H25NO2. The zero-order valence-corrected chi connectivity index (χ0v) is 12.1. The highest BCUT2D eigenvalue weighted by Gasteiger charge is 2.15. The molecular weight excluding hydrogens is 226 g/mol. The molecule has 18 heavy (non-hydrogen) atoms. The number of aliphatic hydroxyl groups is 1. The lowest BCUT2D eigenvalue weighted by Gasteiger charge is -2.19. The summed E-state index contributed by atoms with van der Waals surface area (Å²) in [7, 11) is 1.64. The van der Waals surface area contributed by atoms with Crippen LogP contribution in [-0.4, -0.2) is 24.8 Å². The highest BCUT2D eigenvalue weighted by atomic mass is 16.5. The summed E-state index contributed by atoms with van der Waals surface area (Å²) >= 11 is 0. The summed E-state index contributed by atoms with van der Waals surface area (Å²) in [5, 5.41) is 13.6. The van der Waals surface area contributed by atoms with E-state index in [1.807, 2.05) is 26.0 Å². The summed E-state index contributed by atoms with van der Waals surface area (Å²) in [6, 6.07) is 4.41. The Balaban J connectivity index is 2.84. The maximum absolute atomic E-state index is 10.2. The normalized spacial score (nSPS) is 14.3. The van der Waals surface area contributed by atoms with E-state index in [9.17, 15) is 5.11 Å². The van der Waals surface area contributed by atoms with E-state index in [0.717, 1.165) is 17.7 Å². The van der Waals surface area contributed by atoms with Crippen LogP contribution in [0.1, 0.15) is 43.1 Å². The molecule has 0 spiro atoms. The monoisotopic (exact) mass is 251 g/mol. The Morgan fingerprint density at radius 1 is 1.28 bits per heavy atom. The van der Waals surface area contributed by atoms with Crippen molar-refractivity contribution < 1.29 is 9.84 Å². The van der Waals surface area contributed by atoms with E-state index in [1.165, 1.54) is 11.1 Å². The SMILES string of the molecule is CCC(C)NCC(O)c1cc(C)c(C)cc1OC. The van der Waals surface area contributed by atoms with Gasteiger partial charge in [-0.05, 0) is 50.5 Å². The van der Waals surface area contributed by atoms with Crippen molar-refractivity contribution in [3.8, 4) is 5.75 Å². The Kier molecular flexibility index (Phi) is 5.63. The number of nitrogens with one attached hydrogen (secondary N) is 1. The van der Waals surface area contributed by atoms with Crippen LogP contribution < -0.4 is 10.1 Å². The third-order valence-electron chi connectivity index (χ3n) is 3.48. The molecule has 2 unspecified atom stereocenters. The van der Waals surface area contributed by atoms with Gasteiger partial charge in [-0.2, -0.15) is 0 Å². The van der Waals surface area contributed by atoms with Gasteiger partial charge in [0.15, 0.2) is 0 Å². The molecule has 3 nitrogen and oxygen atoms in total. The number of methoxy groups -OCH3 is 1. The minimum absolute atomic E-state index is 0.414. The van der Waals surface area contributed by atoms with Gasteiger partial charge in [-0.15, -0.1) is 0 Å². The van der Waals surface area contributed by atoms with Crippen LogP contribution in [0.15, 0.2) is 12.1 Å². The maximum Gasteiger partial charge on any atom is 0.124 e. The fraction of sp³-hybridized carbons (Fsp3) is 0.600. The van der Waals surface area contributed by atoms with E-state index in [0.29, 0.717) is 12.6 Å². The predicted molar refractivity (Wildman–Crippen MR) is 75.2 cm³/mol. The van der Waals surface area contributed by atoms with Gasteiger partial charge in [0.25, 0.3) is 0 Å². The molecule has 1 aromatic rings. The van der Waals surface area contributed by atoms with Gasteiger partial charge in [-0.1, -0.05) is 6.92 Å². The molecule has 0 saturated heterocycles. The van der Waals surface area contributed by atoms with Crippen molar-refractivity contribution in [2.45, 2.75) is 46.3 Å². The van der Waals surface area contributed by atoms with Gasteiger partial charge in [0.2, 0.25) is 0 Å². The molecule has 0 aromatic heterocycles. The van der Waals surface area contributed by atoms with Crippen LogP contribution in [0.4, 0.5) is 0 Å². The highest BCUT2D eigenvalue weighted by Crippen LogP contribution is 2.28. The third-order valence-corrected chi connectivity index (χ3v) is 3.48. The lowest BCUT2D eigenvalue weighted by atomic mass is 10.0. The van der Waals surface area contributed by atoms with Crippen molar-refractivity contribution in [2.75, 3.05) is 13.7 Å². The average molecular weight is 251 g/mol. The summed E-state index contributed by atoms with van der Waals surface area (Å²) in [5.41, 5.74) is 3.21. The number of aryl methyl sites for hydroxylation is 2.